The van der Waals surface area contributed by atoms with Crippen LogP contribution in [-0.4, -0.2) is 12.1 Å². The molecule has 0 aliphatic rings. The SMILES string of the molecule is CC(C)[NH+](C(C)C)P(OCc1ccccc1)OCc1ccccc1. The van der Waals surface area contributed by atoms with Crippen molar-refractivity contribution in [1.82, 2.24) is 0 Å². The van der Waals surface area contributed by atoms with Gasteiger partial charge in [0.05, 0.1) is 25.3 Å². The van der Waals surface area contributed by atoms with Crippen molar-refractivity contribution in [3.63, 3.8) is 0 Å². The van der Waals surface area contributed by atoms with Crippen LogP contribution < -0.4 is 4.67 Å². The summed E-state index contributed by atoms with van der Waals surface area (Å²) in [5.41, 5.74) is 2.36. The quantitative estimate of drug-likeness (QED) is 0.682. The summed E-state index contributed by atoms with van der Waals surface area (Å²) >= 11 is 0. The van der Waals surface area contributed by atoms with Gasteiger partial charge in [-0.2, -0.15) is 0 Å². The molecule has 0 aliphatic heterocycles. The van der Waals surface area contributed by atoms with E-state index in [2.05, 4.69) is 52.0 Å². The van der Waals surface area contributed by atoms with Crippen molar-refractivity contribution in [2.75, 3.05) is 0 Å². The summed E-state index contributed by atoms with van der Waals surface area (Å²) in [6.07, 6.45) is 0. The third-order valence-corrected chi connectivity index (χ3v) is 5.96. The van der Waals surface area contributed by atoms with E-state index in [9.17, 15) is 0 Å². The Labute approximate surface area is 147 Å². The van der Waals surface area contributed by atoms with Crippen molar-refractivity contribution in [2.24, 2.45) is 0 Å². The van der Waals surface area contributed by atoms with Gasteiger partial charge in [-0.1, -0.05) is 60.7 Å². The maximum Gasteiger partial charge on any atom is 0.418 e. The van der Waals surface area contributed by atoms with Gasteiger partial charge in [0.2, 0.25) is 0 Å². The number of quaternary nitrogens is 1. The highest BCUT2D eigenvalue weighted by atomic mass is 31.2. The van der Waals surface area contributed by atoms with Crippen molar-refractivity contribution >= 4 is 8.53 Å². The first-order valence-corrected chi connectivity index (χ1v) is 9.76. The Bertz CT molecular complexity index is 523. The first-order valence-electron chi connectivity index (χ1n) is 8.58. The van der Waals surface area contributed by atoms with Gasteiger partial charge in [0, 0.05) is 0 Å². The number of hydrogen-bond acceptors (Lipinski definition) is 2. The van der Waals surface area contributed by atoms with Gasteiger partial charge < -0.3 is 0 Å². The van der Waals surface area contributed by atoms with Gasteiger partial charge in [-0.3, -0.25) is 13.7 Å². The van der Waals surface area contributed by atoms with E-state index in [1.54, 1.807) is 0 Å². The highest BCUT2D eigenvalue weighted by molar-refractivity contribution is 7.39. The van der Waals surface area contributed by atoms with Gasteiger partial charge in [0.15, 0.2) is 0 Å². The summed E-state index contributed by atoms with van der Waals surface area (Å²) in [6, 6.07) is 21.5. The Balaban J connectivity index is 2.04. The van der Waals surface area contributed by atoms with E-state index in [1.165, 1.54) is 15.8 Å². The van der Waals surface area contributed by atoms with Gasteiger partial charge in [-0.25, -0.2) is 0 Å². The normalized spacial score (nSPS) is 11.8. The van der Waals surface area contributed by atoms with Crippen molar-refractivity contribution in [3.8, 4) is 0 Å². The number of nitrogens with one attached hydrogen (secondary N) is 1. The summed E-state index contributed by atoms with van der Waals surface area (Å²) in [6.45, 7) is 10.1. The minimum Gasteiger partial charge on any atom is -0.283 e. The third-order valence-electron chi connectivity index (χ3n) is 3.78. The summed E-state index contributed by atoms with van der Waals surface area (Å²) in [5, 5.41) is 0. The molecule has 0 spiro atoms. The van der Waals surface area contributed by atoms with Crippen LogP contribution in [0.5, 0.6) is 0 Å². The van der Waals surface area contributed by atoms with Crippen LogP contribution in [0.3, 0.4) is 0 Å². The summed E-state index contributed by atoms with van der Waals surface area (Å²) in [4.78, 5) is 0. The molecule has 0 bridgehead atoms. The summed E-state index contributed by atoms with van der Waals surface area (Å²) in [7, 11) is -1.03. The molecule has 0 fully saturated rings. The van der Waals surface area contributed by atoms with E-state index in [-0.39, 0.29) is 0 Å². The maximum absolute atomic E-state index is 6.24. The van der Waals surface area contributed by atoms with Gasteiger partial charge >= 0.3 is 8.53 Å². The molecule has 130 valence electrons. The van der Waals surface area contributed by atoms with Crippen LogP contribution in [0.25, 0.3) is 0 Å². The van der Waals surface area contributed by atoms with Crippen LogP contribution in [0, 0.1) is 0 Å². The smallest absolute Gasteiger partial charge is 0.283 e. The van der Waals surface area contributed by atoms with Crippen molar-refractivity contribution in [1.29, 1.82) is 0 Å². The predicted molar refractivity (Wildman–Crippen MR) is 101 cm³/mol. The fourth-order valence-electron chi connectivity index (χ4n) is 2.69. The molecule has 4 heteroatoms. The largest absolute Gasteiger partial charge is 0.418 e. The van der Waals surface area contributed by atoms with Crippen LogP contribution in [-0.2, 0) is 22.3 Å². The lowest BCUT2D eigenvalue weighted by molar-refractivity contribution is -0.829. The molecule has 0 aromatic heterocycles. The number of rotatable bonds is 9. The molecular formula is C20H29NO2P+. The van der Waals surface area contributed by atoms with E-state index in [0.29, 0.717) is 25.3 Å². The molecule has 2 aromatic rings. The Morgan fingerprint density at radius 1 is 0.708 bits per heavy atom. The number of hydrogen-bond donors (Lipinski definition) is 1. The molecule has 0 heterocycles. The lowest BCUT2D eigenvalue weighted by Gasteiger charge is -2.31. The first-order chi connectivity index (χ1) is 11.6. The molecule has 3 nitrogen and oxygen atoms in total. The van der Waals surface area contributed by atoms with Crippen LogP contribution in [0.4, 0.5) is 0 Å². The molecule has 2 rings (SSSR count). The average Bonchev–Trinajstić information content (AvgIpc) is 2.58. The molecule has 2 aromatic carbocycles. The Morgan fingerprint density at radius 3 is 1.42 bits per heavy atom. The van der Waals surface area contributed by atoms with Crippen LogP contribution in [0.1, 0.15) is 38.8 Å². The van der Waals surface area contributed by atoms with Gasteiger partial charge in [0.25, 0.3) is 0 Å². The van der Waals surface area contributed by atoms with Crippen molar-refractivity contribution in [2.45, 2.75) is 53.0 Å². The predicted octanol–water partition coefficient (Wildman–Crippen LogP) is 4.35. The molecule has 0 unspecified atom stereocenters. The second-order valence-corrected chi connectivity index (χ2v) is 8.06. The molecular weight excluding hydrogens is 317 g/mol. The molecule has 1 N–H and O–H groups in total. The highest BCUT2D eigenvalue weighted by Gasteiger charge is 2.32. The Hall–Kier alpha value is -1.25. The van der Waals surface area contributed by atoms with Crippen LogP contribution in [0.15, 0.2) is 60.7 Å². The summed E-state index contributed by atoms with van der Waals surface area (Å²) in [5.74, 6) is 0. The average molecular weight is 346 g/mol. The Morgan fingerprint density at radius 2 is 1.08 bits per heavy atom. The standard InChI is InChI=1S/C20H28NO2P/c1-17(2)21(18(3)4)24(22-15-19-11-7-5-8-12-19)23-16-20-13-9-6-10-14-20/h5-14,17-18H,15-16H2,1-4H3/p+1. The Kier molecular flexibility index (Phi) is 7.87. The minimum absolute atomic E-state index is 0.447. The van der Waals surface area contributed by atoms with Gasteiger partial charge in [0.1, 0.15) is 0 Å². The van der Waals surface area contributed by atoms with E-state index >= 15 is 0 Å². The second kappa shape index (κ2) is 9.90. The monoisotopic (exact) mass is 346 g/mol. The molecule has 0 saturated heterocycles. The van der Waals surface area contributed by atoms with E-state index in [4.69, 9.17) is 9.05 Å². The lowest BCUT2D eigenvalue weighted by Crippen LogP contribution is -3.12. The zero-order valence-corrected chi connectivity index (χ0v) is 16.0. The van der Waals surface area contributed by atoms with Crippen molar-refractivity contribution < 1.29 is 13.7 Å². The fourth-order valence-corrected chi connectivity index (χ4v) is 4.44. The van der Waals surface area contributed by atoms with Crippen LogP contribution >= 0.6 is 8.53 Å². The second-order valence-electron chi connectivity index (χ2n) is 6.51. The first kappa shape index (κ1) is 19.1. The number of benzene rings is 2. The molecule has 0 saturated carbocycles. The highest BCUT2D eigenvalue weighted by Crippen LogP contribution is 2.32. The summed E-state index contributed by atoms with van der Waals surface area (Å²) < 4.78 is 13.9. The van der Waals surface area contributed by atoms with Crippen molar-refractivity contribution in [3.05, 3.63) is 71.8 Å². The maximum atomic E-state index is 6.24. The molecule has 0 atom stereocenters. The minimum atomic E-state index is -1.03. The fraction of sp³-hybridized carbons (Fsp3) is 0.400. The van der Waals surface area contributed by atoms with E-state index in [1.807, 2.05) is 36.4 Å². The topological polar surface area (TPSA) is 22.9 Å². The van der Waals surface area contributed by atoms with Gasteiger partial charge in [-0.15, -0.1) is 0 Å². The molecule has 0 aliphatic carbocycles. The zero-order chi connectivity index (χ0) is 17.4. The van der Waals surface area contributed by atoms with Gasteiger partial charge in [-0.05, 0) is 38.8 Å². The molecule has 0 radical (unpaired) electrons. The molecule has 24 heavy (non-hydrogen) atoms. The lowest BCUT2D eigenvalue weighted by atomic mass is 10.2. The van der Waals surface area contributed by atoms with E-state index < -0.39 is 8.53 Å². The molecule has 0 amide bonds. The third kappa shape index (κ3) is 5.99. The van der Waals surface area contributed by atoms with E-state index in [0.717, 1.165) is 0 Å². The zero-order valence-electron chi connectivity index (χ0n) is 15.1. The van der Waals surface area contributed by atoms with Crippen LogP contribution in [0.2, 0.25) is 0 Å².